The second kappa shape index (κ2) is 8.10. The Hall–Kier alpha value is -2.73. The van der Waals surface area contributed by atoms with Crippen molar-refractivity contribution in [1.29, 1.82) is 0 Å². The van der Waals surface area contributed by atoms with Crippen molar-refractivity contribution < 1.29 is 23.1 Å². The van der Waals surface area contributed by atoms with E-state index in [1.54, 1.807) is 31.2 Å². The van der Waals surface area contributed by atoms with Crippen molar-refractivity contribution in [3.63, 3.8) is 0 Å². The largest absolute Gasteiger partial charge is 0.466 e. The number of carbonyl (C=O) groups is 2. The van der Waals surface area contributed by atoms with Crippen LogP contribution in [-0.2, 0) is 20.9 Å². The number of methoxy groups -OCH3 is 1. The minimum atomic E-state index is -0.995. The predicted octanol–water partition coefficient (Wildman–Crippen LogP) is 4.58. The number of benzene rings is 2. The molecule has 0 fully saturated rings. The van der Waals surface area contributed by atoms with Crippen LogP contribution >= 0.6 is 11.6 Å². The molecule has 28 heavy (non-hydrogen) atoms. The molecule has 1 aliphatic heterocycles. The minimum absolute atomic E-state index is 0.00911. The van der Waals surface area contributed by atoms with Crippen LogP contribution in [0.5, 0.6) is 0 Å². The van der Waals surface area contributed by atoms with Gasteiger partial charge in [0.1, 0.15) is 0 Å². The molecule has 1 atom stereocenters. The van der Waals surface area contributed by atoms with Crippen molar-refractivity contribution in [2.75, 3.05) is 7.11 Å². The standard InChI is InChI=1S/C21H18ClF2NO3/c1-12-20(21(27)28-2)15(14-5-3-4-6-16(14)22)10-19(26)25(12)11-13-7-8-17(23)18(24)9-13/h3-9,15H,10-11H2,1-2H3/t15-/m0/s1. The molecule has 0 unspecified atom stereocenters. The molecular formula is C21H18ClF2NO3. The topological polar surface area (TPSA) is 46.6 Å². The molecule has 1 heterocycles. The van der Waals surface area contributed by atoms with Gasteiger partial charge in [-0.15, -0.1) is 0 Å². The van der Waals surface area contributed by atoms with E-state index in [4.69, 9.17) is 16.3 Å². The zero-order valence-electron chi connectivity index (χ0n) is 15.3. The van der Waals surface area contributed by atoms with Crippen molar-refractivity contribution in [3.8, 4) is 0 Å². The molecule has 0 N–H and O–H groups in total. The number of hydrogen-bond donors (Lipinski definition) is 0. The van der Waals surface area contributed by atoms with Gasteiger partial charge in [0.25, 0.3) is 0 Å². The van der Waals surface area contributed by atoms with Gasteiger partial charge in [0, 0.05) is 23.1 Å². The molecule has 0 spiro atoms. The molecular weight excluding hydrogens is 388 g/mol. The summed E-state index contributed by atoms with van der Waals surface area (Å²) in [6.07, 6.45) is 0.00911. The summed E-state index contributed by atoms with van der Waals surface area (Å²) >= 11 is 6.29. The third-order valence-electron chi connectivity index (χ3n) is 4.83. The summed E-state index contributed by atoms with van der Waals surface area (Å²) in [6, 6.07) is 10.4. The van der Waals surface area contributed by atoms with E-state index in [2.05, 4.69) is 0 Å². The Morgan fingerprint density at radius 2 is 1.93 bits per heavy atom. The first-order chi connectivity index (χ1) is 13.3. The molecule has 1 amide bonds. The lowest BCUT2D eigenvalue weighted by Gasteiger charge is -2.34. The highest BCUT2D eigenvalue weighted by molar-refractivity contribution is 6.31. The van der Waals surface area contributed by atoms with Gasteiger partial charge in [-0.25, -0.2) is 13.6 Å². The quantitative estimate of drug-likeness (QED) is 0.699. The van der Waals surface area contributed by atoms with Crippen LogP contribution in [0.2, 0.25) is 5.02 Å². The Morgan fingerprint density at radius 3 is 2.57 bits per heavy atom. The summed E-state index contributed by atoms with van der Waals surface area (Å²) in [5.74, 6) is -3.32. The summed E-state index contributed by atoms with van der Waals surface area (Å²) in [7, 11) is 1.27. The van der Waals surface area contributed by atoms with Crippen molar-refractivity contribution in [2.45, 2.75) is 25.8 Å². The van der Waals surface area contributed by atoms with Crippen LogP contribution in [0.25, 0.3) is 0 Å². The Bertz CT molecular complexity index is 974. The molecule has 0 radical (unpaired) electrons. The molecule has 2 aromatic rings. The summed E-state index contributed by atoms with van der Waals surface area (Å²) in [4.78, 5) is 26.7. The Balaban J connectivity index is 2.04. The van der Waals surface area contributed by atoms with Crippen molar-refractivity contribution in [2.24, 2.45) is 0 Å². The van der Waals surface area contributed by atoms with Gasteiger partial charge in [-0.05, 0) is 36.2 Å². The number of ether oxygens (including phenoxy) is 1. The molecule has 146 valence electrons. The van der Waals surface area contributed by atoms with Crippen molar-refractivity contribution >= 4 is 23.5 Å². The zero-order chi connectivity index (χ0) is 20.4. The second-order valence-electron chi connectivity index (χ2n) is 6.50. The average molecular weight is 406 g/mol. The van der Waals surface area contributed by atoms with Crippen LogP contribution in [0.3, 0.4) is 0 Å². The van der Waals surface area contributed by atoms with Crippen LogP contribution in [0.1, 0.15) is 30.4 Å². The molecule has 0 saturated heterocycles. The SMILES string of the molecule is COC(=O)C1=C(C)N(Cc2ccc(F)c(F)c2)C(=O)C[C@H]1c1ccccc1Cl. The van der Waals surface area contributed by atoms with E-state index in [0.29, 0.717) is 27.4 Å². The van der Waals surface area contributed by atoms with Crippen LogP contribution in [0.15, 0.2) is 53.7 Å². The van der Waals surface area contributed by atoms with Crippen molar-refractivity contribution in [1.82, 2.24) is 4.90 Å². The fraction of sp³-hybridized carbons (Fsp3) is 0.238. The Morgan fingerprint density at radius 1 is 1.21 bits per heavy atom. The van der Waals surface area contributed by atoms with Gasteiger partial charge < -0.3 is 9.64 Å². The highest BCUT2D eigenvalue weighted by Crippen LogP contribution is 2.40. The maximum absolute atomic E-state index is 13.5. The minimum Gasteiger partial charge on any atom is -0.466 e. The molecule has 4 nitrogen and oxygen atoms in total. The van der Waals surface area contributed by atoms with Gasteiger partial charge in [0.05, 0.1) is 19.2 Å². The number of allylic oxidation sites excluding steroid dienone is 1. The van der Waals surface area contributed by atoms with Gasteiger partial charge in [-0.3, -0.25) is 4.79 Å². The molecule has 2 aromatic carbocycles. The van der Waals surface area contributed by atoms with E-state index in [1.165, 1.54) is 18.1 Å². The van der Waals surface area contributed by atoms with Gasteiger partial charge in [-0.2, -0.15) is 0 Å². The lowest BCUT2D eigenvalue weighted by atomic mass is 9.83. The van der Waals surface area contributed by atoms with Gasteiger partial charge >= 0.3 is 5.97 Å². The predicted molar refractivity (Wildman–Crippen MR) is 100 cm³/mol. The number of esters is 1. The zero-order valence-corrected chi connectivity index (χ0v) is 16.1. The van der Waals surface area contributed by atoms with Gasteiger partial charge in [0.2, 0.25) is 5.91 Å². The third kappa shape index (κ3) is 3.78. The molecule has 0 bridgehead atoms. The molecule has 0 aliphatic carbocycles. The number of rotatable bonds is 4. The molecule has 3 rings (SSSR count). The lowest BCUT2D eigenvalue weighted by Crippen LogP contribution is -2.38. The first kappa shape index (κ1) is 20.0. The average Bonchev–Trinajstić information content (AvgIpc) is 2.67. The number of hydrogen-bond acceptors (Lipinski definition) is 3. The fourth-order valence-electron chi connectivity index (χ4n) is 3.42. The van der Waals surface area contributed by atoms with E-state index in [9.17, 15) is 18.4 Å². The molecule has 1 aliphatic rings. The van der Waals surface area contributed by atoms with Gasteiger partial charge in [-0.1, -0.05) is 35.9 Å². The number of carbonyl (C=O) groups excluding carboxylic acids is 2. The highest BCUT2D eigenvalue weighted by atomic mass is 35.5. The number of halogens is 3. The molecule has 7 heteroatoms. The fourth-order valence-corrected chi connectivity index (χ4v) is 3.69. The summed E-state index contributed by atoms with van der Waals surface area (Å²) < 4.78 is 31.7. The van der Waals surface area contributed by atoms with E-state index in [0.717, 1.165) is 12.1 Å². The van der Waals surface area contributed by atoms with E-state index in [-0.39, 0.29) is 18.9 Å². The molecule has 0 aromatic heterocycles. The summed E-state index contributed by atoms with van der Waals surface area (Å²) in [5, 5.41) is 0.448. The van der Waals surface area contributed by atoms with E-state index in [1.807, 2.05) is 0 Å². The Labute approximate surface area is 166 Å². The number of nitrogens with zero attached hydrogens (tertiary/aromatic N) is 1. The lowest BCUT2D eigenvalue weighted by molar-refractivity contribution is -0.138. The normalized spacial score (nSPS) is 17.1. The van der Waals surface area contributed by atoms with Crippen LogP contribution in [0.4, 0.5) is 8.78 Å². The van der Waals surface area contributed by atoms with Gasteiger partial charge in [0.15, 0.2) is 11.6 Å². The third-order valence-corrected chi connectivity index (χ3v) is 5.18. The second-order valence-corrected chi connectivity index (χ2v) is 6.90. The van der Waals surface area contributed by atoms with Crippen LogP contribution < -0.4 is 0 Å². The molecule has 0 saturated carbocycles. The van der Waals surface area contributed by atoms with Crippen molar-refractivity contribution in [3.05, 3.63) is 81.5 Å². The van der Waals surface area contributed by atoms with E-state index < -0.39 is 23.5 Å². The first-order valence-electron chi connectivity index (χ1n) is 8.61. The maximum Gasteiger partial charge on any atom is 0.336 e. The monoisotopic (exact) mass is 405 g/mol. The summed E-state index contributed by atoms with van der Waals surface area (Å²) in [5.41, 5.74) is 1.78. The maximum atomic E-state index is 13.5. The smallest absolute Gasteiger partial charge is 0.336 e. The highest BCUT2D eigenvalue weighted by Gasteiger charge is 2.37. The summed E-state index contributed by atoms with van der Waals surface area (Å²) in [6.45, 7) is 1.64. The van der Waals surface area contributed by atoms with Crippen LogP contribution in [0, 0.1) is 11.6 Å². The van der Waals surface area contributed by atoms with Crippen LogP contribution in [-0.4, -0.2) is 23.9 Å². The van der Waals surface area contributed by atoms with E-state index >= 15 is 0 Å². The number of amides is 1. The Kier molecular flexibility index (Phi) is 5.79. The first-order valence-corrected chi connectivity index (χ1v) is 8.99.